The van der Waals surface area contributed by atoms with E-state index in [1.807, 2.05) is 6.92 Å². The first kappa shape index (κ1) is 9.48. The van der Waals surface area contributed by atoms with Crippen LogP contribution in [-0.4, -0.2) is 32.1 Å². The van der Waals surface area contributed by atoms with Crippen molar-refractivity contribution in [3.63, 3.8) is 0 Å². The third-order valence-electron chi connectivity index (χ3n) is 2.38. The molecule has 1 atom stereocenters. The Hall–Kier alpha value is -0.610. The molecule has 4 heteroatoms. The monoisotopic (exact) mass is 171 g/mol. The first-order valence-corrected chi connectivity index (χ1v) is 4.44. The Balaban J connectivity index is 2.20. The number of nitrogens with two attached hydrogens (primary N) is 1. The second kappa shape index (κ2) is 4.42. The number of carbonyl (C=O) groups excluding carboxylic acids is 1. The number of hydrogen-bond acceptors (Lipinski definition) is 3. The summed E-state index contributed by atoms with van der Waals surface area (Å²) in [5.41, 5.74) is 5.27. The van der Waals surface area contributed by atoms with Crippen LogP contribution in [-0.2, 0) is 4.79 Å². The largest absolute Gasteiger partial charge is 0.355 e. The molecule has 0 aromatic heterocycles. The SMILES string of the molecule is CC(C(=O)NCCN)C1CNC1. The van der Waals surface area contributed by atoms with E-state index in [-0.39, 0.29) is 11.8 Å². The molecule has 0 bridgehead atoms. The van der Waals surface area contributed by atoms with Crippen LogP contribution in [0.5, 0.6) is 0 Å². The van der Waals surface area contributed by atoms with Gasteiger partial charge in [0.25, 0.3) is 0 Å². The van der Waals surface area contributed by atoms with Gasteiger partial charge in [-0.15, -0.1) is 0 Å². The van der Waals surface area contributed by atoms with Gasteiger partial charge in [-0.25, -0.2) is 0 Å². The Kier molecular flexibility index (Phi) is 3.49. The molecule has 4 N–H and O–H groups in total. The van der Waals surface area contributed by atoms with E-state index in [1.165, 1.54) is 0 Å². The van der Waals surface area contributed by atoms with Crippen LogP contribution < -0.4 is 16.4 Å². The van der Waals surface area contributed by atoms with E-state index < -0.39 is 0 Å². The third-order valence-corrected chi connectivity index (χ3v) is 2.38. The van der Waals surface area contributed by atoms with Crippen molar-refractivity contribution in [2.24, 2.45) is 17.6 Å². The summed E-state index contributed by atoms with van der Waals surface area (Å²) in [4.78, 5) is 11.3. The van der Waals surface area contributed by atoms with Crippen molar-refractivity contribution in [1.29, 1.82) is 0 Å². The van der Waals surface area contributed by atoms with Crippen LogP contribution in [0, 0.1) is 11.8 Å². The fraction of sp³-hybridized carbons (Fsp3) is 0.875. The molecule has 0 aromatic rings. The van der Waals surface area contributed by atoms with Gasteiger partial charge in [0.05, 0.1) is 0 Å². The van der Waals surface area contributed by atoms with Crippen LogP contribution in [0.2, 0.25) is 0 Å². The van der Waals surface area contributed by atoms with Crippen molar-refractivity contribution in [2.75, 3.05) is 26.2 Å². The molecule has 1 amide bonds. The lowest BCUT2D eigenvalue weighted by molar-refractivity contribution is -0.126. The minimum absolute atomic E-state index is 0.123. The van der Waals surface area contributed by atoms with Crippen molar-refractivity contribution < 1.29 is 4.79 Å². The molecule has 0 aromatic carbocycles. The highest BCUT2D eigenvalue weighted by Crippen LogP contribution is 2.15. The molecule has 1 fully saturated rings. The average molecular weight is 171 g/mol. The zero-order chi connectivity index (χ0) is 8.97. The van der Waals surface area contributed by atoms with Crippen molar-refractivity contribution in [3.05, 3.63) is 0 Å². The molecule has 0 aliphatic carbocycles. The predicted octanol–water partition coefficient (Wildman–Crippen LogP) is -1.08. The third kappa shape index (κ3) is 2.19. The summed E-state index contributed by atoms with van der Waals surface area (Å²) >= 11 is 0. The number of rotatable bonds is 4. The molecule has 0 saturated carbocycles. The molecule has 1 unspecified atom stereocenters. The van der Waals surface area contributed by atoms with Gasteiger partial charge in [-0.1, -0.05) is 6.92 Å². The standard InChI is InChI=1S/C8H17N3O/c1-6(7-4-10-5-7)8(12)11-3-2-9/h6-7,10H,2-5,9H2,1H3,(H,11,12). The maximum atomic E-state index is 11.3. The van der Waals surface area contributed by atoms with Crippen molar-refractivity contribution in [1.82, 2.24) is 10.6 Å². The van der Waals surface area contributed by atoms with Crippen LogP contribution in [0.4, 0.5) is 0 Å². The molecule has 4 nitrogen and oxygen atoms in total. The first-order chi connectivity index (χ1) is 5.75. The highest BCUT2D eigenvalue weighted by Gasteiger charge is 2.28. The fourth-order valence-corrected chi connectivity index (χ4v) is 1.23. The Morgan fingerprint density at radius 3 is 2.83 bits per heavy atom. The van der Waals surface area contributed by atoms with E-state index in [0.717, 1.165) is 13.1 Å². The molecule has 1 aliphatic rings. The van der Waals surface area contributed by atoms with E-state index in [9.17, 15) is 4.79 Å². The molecule has 0 spiro atoms. The molecule has 12 heavy (non-hydrogen) atoms. The quantitative estimate of drug-likeness (QED) is 0.504. The van der Waals surface area contributed by atoms with Crippen LogP contribution in [0.15, 0.2) is 0 Å². The Bertz CT molecular complexity index is 156. The topological polar surface area (TPSA) is 67.2 Å². The van der Waals surface area contributed by atoms with Crippen LogP contribution >= 0.6 is 0 Å². The highest BCUT2D eigenvalue weighted by atomic mass is 16.1. The summed E-state index contributed by atoms with van der Waals surface area (Å²) in [6.07, 6.45) is 0. The van der Waals surface area contributed by atoms with Crippen LogP contribution in [0.1, 0.15) is 6.92 Å². The zero-order valence-electron chi connectivity index (χ0n) is 7.47. The maximum Gasteiger partial charge on any atom is 0.223 e. The van der Waals surface area contributed by atoms with E-state index in [0.29, 0.717) is 19.0 Å². The summed E-state index contributed by atoms with van der Waals surface area (Å²) in [5.74, 6) is 0.771. The lowest BCUT2D eigenvalue weighted by atomic mass is 9.88. The second-order valence-electron chi connectivity index (χ2n) is 3.29. The molecule has 1 heterocycles. The van der Waals surface area contributed by atoms with E-state index in [2.05, 4.69) is 10.6 Å². The summed E-state index contributed by atoms with van der Waals surface area (Å²) in [5, 5.41) is 5.94. The number of amides is 1. The predicted molar refractivity (Wildman–Crippen MR) is 47.6 cm³/mol. The average Bonchev–Trinajstić information content (AvgIpc) is 1.96. The van der Waals surface area contributed by atoms with E-state index in [1.54, 1.807) is 0 Å². The second-order valence-corrected chi connectivity index (χ2v) is 3.29. The fourth-order valence-electron chi connectivity index (χ4n) is 1.23. The van der Waals surface area contributed by atoms with E-state index in [4.69, 9.17) is 5.73 Å². The lowest BCUT2D eigenvalue weighted by Gasteiger charge is -2.31. The molecule has 0 radical (unpaired) electrons. The Morgan fingerprint density at radius 1 is 1.75 bits per heavy atom. The minimum atomic E-state index is 0.123. The number of carbonyl (C=O) groups is 1. The van der Waals surface area contributed by atoms with E-state index >= 15 is 0 Å². The van der Waals surface area contributed by atoms with Crippen LogP contribution in [0.3, 0.4) is 0 Å². The van der Waals surface area contributed by atoms with Gasteiger partial charge in [0.2, 0.25) is 5.91 Å². The zero-order valence-corrected chi connectivity index (χ0v) is 7.47. The first-order valence-electron chi connectivity index (χ1n) is 4.44. The maximum absolute atomic E-state index is 11.3. The van der Waals surface area contributed by atoms with Gasteiger partial charge in [0.1, 0.15) is 0 Å². The molecule has 1 saturated heterocycles. The molecule has 70 valence electrons. The smallest absolute Gasteiger partial charge is 0.223 e. The summed E-state index contributed by atoms with van der Waals surface area (Å²) in [6.45, 7) is 5.01. The number of hydrogen-bond donors (Lipinski definition) is 3. The van der Waals surface area contributed by atoms with Crippen molar-refractivity contribution in [2.45, 2.75) is 6.92 Å². The summed E-state index contributed by atoms with van der Waals surface area (Å²) in [7, 11) is 0. The van der Waals surface area contributed by atoms with Gasteiger partial charge in [-0.05, 0) is 19.0 Å². The van der Waals surface area contributed by atoms with Crippen molar-refractivity contribution >= 4 is 5.91 Å². The summed E-state index contributed by atoms with van der Waals surface area (Å²) in [6, 6.07) is 0. The highest BCUT2D eigenvalue weighted by molar-refractivity contribution is 5.78. The molecular formula is C8H17N3O. The van der Waals surface area contributed by atoms with Gasteiger partial charge >= 0.3 is 0 Å². The molecule has 1 rings (SSSR count). The van der Waals surface area contributed by atoms with Gasteiger partial charge in [0, 0.05) is 19.0 Å². The van der Waals surface area contributed by atoms with Crippen molar-refractivity contribution in [3.8, 4) is 0 Å². The van der Waals surface area contributed by atoms with Gasteiger partial charge < -0.3 is 16.4 Å². The molecule has 1 aliphatic heterocycles. The lowest BCUT2D eigenvalue weighted by Crippen LogP contribution is -2.50. The Morgan fingerprint density at radius 2 is 2.42 bits per heavy atom. The Labute approximate surface area is 72.9 Å². The van der Waals surface area contributed by atoms with Gasteiger partial charge in [0.15, 0.2) is 0 Å². The van der Waals surface area contributed by atoms with Gasteiger partial charge in [-0.3, -0.25) is 4.79 Å². The summed E-state index contributed by atoms with van der Waals surface area (Å²) < 4.78 is 0. The normalized spacial score (nSPS) is 19.8. The number of nitrogens with one attached hydrogen (secondary N) is 2. The van der Waals surface area contributed by atoms with Gasteiger partial charge in [-0.2, -0.15) is 0 Å². The van der Waals surface area contributed by atoms with Crippen LogP contribution in [0.25, 0.3) is 0 Å². The molecular weight excluding hydrogens is 154 g/mol. The minimum Gasteiger partial charge on any atom is -0.355 e.